The van der Waals surface area contributed by atoms with Crippen molar-refractivity contribution < 1.29 is 19.0 Å². The van der Waals surface area contributed by atoms with E-state index in [0.29, 0.717) is 17.7 Å². The number of carbonyl (C=O) groups is 1. The van der Waals surface area contributed by atoms with Gasteiger partial charge in [-0.25, -0.2) is 4.39 Å². The zero-order valence-corrected chi connectivity index (χ0v) is 17.2. The fourth-order valence-corrected chi connectivity index (χ4v) is 3.61. The van der Waals surface area contributed by atoms with Gasteiger partial charge in [0.2, 0.25) is 0 Å². The van der Waals surface area contributed by atoms with Crippen molar-refractivity contribution in [2.75, 3.05) is 0 Å². The molecule has 4 aromatic rings. The third-order valence-corrected chi connectivity index (χ3v) is 5.26. The van der Waals surface area contributed by atoms with Gasteiger partial charge in [0.05, 0.1) is 11.7 Å². The van der Waals surface area contributed by atoms with Crippen LogP contribution >= 0.6 is 0 Å². The second-order valence-corrected chi connectivity index (χ2v) is 7.34. The molecule has 3 aromatic carbocycles. The van der Waals surface area contributed by atoms with E-state index in [4.69, 9.17) is 9.84 Å². The summed E-state index contributed by atoms with van der Waals surface area (Å²) in [6.07, 6.45) is 2.31. The van der Waals surface area contributed by atoms with Crippen molar-refractivity contribution in [1.82, 2.24) is 9.78 Å². The Balaban J connectivity index is 1.70. The molecular weight excluding hydrogens is 395 g/mol. The van der Waals surface area contributed by atoms with Crippen LogP contribution < -0.4 is 4.74 Å². The zero-order valence-electron chi connectivity index (χ0n) is 17.2. The number of fused-ring (bicyclic) bond motifs is 1. The molecule has 0 amide bonds. The van der Waals surface area contributed by atoms with Gasteiger partial charge in [0, 0.05) is 29.5 Å². The monoisotopic (exact) mass is 418 g/mol. The van der Waals surface area contributed by atoms with Crippen LogP contribution in [0, 0.1) is 5.82 Å². The summed E-state index contributed by atoms with van der Waals surface area (Å²) in [5.41, 5.74) is 4.19. The number of aromatic nitrogens is 2. The first kappa shape index (κ1) is 20.6. The number of ether oxygens (including phenoxy) is 1. The Hall–Kier alpha value is -3.67. The van der Waals surface area contributed by atoms with Crippen molar-refractivity contribution in [2.24, 2.45) is 0 Å². The van der Waals surface area contributed by atoms with Crippen LogP contribution in [0.5, 0.6) is 5.75 Å². The van der Waals surface area contributed by atoms with Crippen molar-refractivity contribution in [3.05, 3.63) is 83.8 Å². The van der Waals surface area contributed by atoms with Crippen molar-refractivity contribution in [3.8, 4) is 16.9 Å². The van der Waals surface area contributed by atoms with E-state index in [-0.39, 0.29) is 18.8 Å². The summed E-state index contributed by atoms with van der Waals surface area (Å²) in [6, 6.07) is 18.2. The van der Waals surface area contributed by atoms with Gasteiger partial charge in [-0.05, 0) is 54.8 Å². The molecule has 0 radical (unpaired) electrons. The molecular formula is C25H23FN2O3. The Kier molecular flexibility index (Phi) is 5.98. The Morgan fingerprint density at radius 2 is 1.97 bits per heavy atom. The standard InChI is InChI=1S/C25H23FN2O3/c1-2-28-23-10-9-18(14-20(23)15-27-28)21-13-17(8-12-25(29)30)7-11-24(21)31-16-19-5-3-4-6-22(19)26/h3-7,9-11,13-15H,2,8,12,16H2,1H3,(H,29,30). The smallest absolute Gasteiger partial charge is 0.303 e. The summed E-state index contributed by atoms with van der Waals surface area (Å²) in [7, 11) is 0. The van der Waals surface area contributed by atoms with Crippen LogP contribution in [0.25, 0.3) is 22.0 Å². The number of hydrogen-bond acceptors (Lipinski definition) is 3. The van der Waals surface area contributed by atoms with Crippen molar-refractivity contribution in [1.29, 1.82) is 0 Å². The van der Waals surface area contributed by atoms with Crippen molar-refractivity contribution >= 4 is 16.9 Å². The predicted molar refractivity (Wildman–Crippen MR) is 118 cm³/mol. The molecule has 0 aliphatic carbocycles. The number of aryl methyl sites for hydroxylation is 2. The van der Waals surface area contributed by atoms with Gasteiger partial charge in [-0.3, -0.25) is 9.48 Å². The lowest BCUT2D eigenvalue weighted by molar-refractivity contribution is -0.136. The minimum atomic E-state index is -0.838. The number of carboxylic acid groups (broad SMARTS) is 1. The molecule has 5 nitrogen and oxygen atoms in total. The highest BCUT2D eigenvalue weighted by Gasteiger charge is 2.12. The largest absolute Gasteiger partial charge is 0.488 e. The highest BCUT2D eigenvalue weighted by molar-refractivity contribution is 5.86. The lowest BCUT2D eigenvalue weighted by Gasteiger charge is -2.14. The normalized spacial score (nSPS) is 11.0. The average Bonchev–Trinajstić information content (AvgIpc) is 3.19. The maximum atomic E-state index is 14.0. The fraction of sp³-hybridized carbons (Fsp3) is 0.200. The van der Waals surface area contributed by atoms with E-state index in [1.807, 2.05) is 54.2 Å². The van der Waals surface area contributed by atoms with E-state index in [1.54, 1.807) is 18.2 Å². The molecule has 6 heteroatoms. The zero-order chi connectivity index (χ0) is 21.8. The maximum absolute atomic E-state index is 14.0. The molecule has 158 valence electrons. The molecule has 0 atom stereocenters. The molecule has 0 saturated carbocycles. The van der Waals surface area contributed by atoms with Gasteiger partial charge in [0.15, 0.2) is 0 Å². The lowest BCUT2D eigenvalue weighted by atomic mass is 9.98. The van der Waals surface area contributed by atoms with Crippen LogP contribution in [0.1, 0.15) is 24.5 Å². The Labute approximate surface area is 179 Å². The van der Waals surface area contributed by atoms with Crippen LogP contribution in [-0.4, -0.2) is 20.9 Å². The molecule has 0 bridgehead atoms. The first-order valence-corrected chi connectivity index (χ1v) is 10.2. The van der Waals surface area contributed by atoms with E-state index in [9.17, 15) is 9.18 Å². The summed E-state index contributed by atoms with van der Waals surface area (Å²) >= 11 is 0. The van der Waals surface area contributed by atoms with Gasteiger partial charge in [-0.15, -0.1) is 0 Å². The Bertz CT molecular complexity index is 1230. The summed E-state index contributed by atoms with van der Waals surface area (Å²) in [5, 5.41) is 14.4. The molecule has 1 aromatic heterocycles. The molecule has 31 heavy (non-hydrogen) atoms. The predicted octanol–water partition coefficient (Wildman–Crippen LogP) is 5.46. The molecule has 0 saturated heterocycles. The number of rotatable bonds is 8. The van der Waals surface area contributed by atoms with Gasteiger partial charge in [0.1, 0.15) is 18.2 Å². The molecule has 1 heterocycles. The van der Waals surface area contributed by atoms with Gasteiger partial charge < -0.3 is 9.84 Å². The molecule has 0 aliphatic rings. The fourth-order valence-electron chi connectivity index (χ4n) is 3.61. The molecule has 0 fully saturated rings. The molecule has 4 rings (SSSR count). The Morgan fingerprint density at radius 1 is 1.13 bits per heavy atom. The van der Waals surface area contributed by atoms with Crippen LogP contribution in [0.4, 0.5) is 4.39 Å². The number of nitrogens with zero attached hydrogens (tertiary/aromatic N) is 2. The minimum absolute atomic E-state index is 0.0528. The molecule has 0 spiro atoms. The summed E-state index contributed by atoms with van der Waals surface area (Å²) < 4.78 is 22.0. The second-order valence-electron chi connectivity index (χ2n) is 7.34. The quantitative estimate of drug-likeness (QED) is 0.413. The highest BCUT2D eigenvalue weighted by atomic mass is 19.1. The minimum Gasteiger partial charge on any atom is -0.488 e. The average molecular weight is 418 g/mol. The summed E-state index contributed by atoms with van der Waals surface area (Å²) in [4.78, 5) is 11.0. The van der Waals surface area contributed by atoms with E-state index in [0.717, 1.165) is 34.1 Å². The maximum Gasteiger partial charge on any atom is 0.303 e. The van der Waals surface area contributed by atoms with E-state index in [1.165, 1.54) is 6.07 Å². The topological polar surface area (TPSA) is 64.4 Å². The first-order chi connectivity index (χ1) is 15.0. The van der Waals surface area contributed by atoms with Gasteiger partial charge >= 0.3 is 5.97 Å². The lowest BCUT2D eigenvalue weighted by Crippen LogP contribution is -2.01. The third kappa shape index (κ3) is 4.58. The van der Waals surface area contributed by atoms with E-state index < -0.39 is 5.97 Å². The third-order valence-electron chi connectivity index (χ3n) is 5.26. The van der Waals surface area contributed by atoms with E-state index >= 15 is 0 Å². The van der Waals surface area contributed by atoms with Crippen LogP contribution in [0.15, 0.2) is 66.9 Å². The number of halogens is 1. The van der Waals surface area contributed by atoms with Crippen LogP contribution in [-0.2, 0) is 24.4 Å². The number of aliphatic carboxylic acids is 1. The van der Waals surface area contributed by atoms with Crippen molar-refractivity contribution in [3.63, 3.8) is 0 Å². The summed E-state index contributed by atoms with van der Waals surface area (Å²) in [6.45, 7) is 2.93. The van der Waals surface area contributed by atoms with Crippen molar-refractivity contribution in [2.45, 2.75) is 32.9 Å². The number of hydrogen-bond donors (Lipinski definition) is 1. The SMILES string of the molecule is CCn1ncc2cc(-c3cc(CCC(=O)O)ccc3OCc3ccccc3F)ccc21. The highest BCUT2D eigenvalue weighted by Crippen LogP contribution is 2.34. The number of benzene rings is 3. The molecule has 0 aliphatic heterocycles. The Morgan fingerprint density at radius 3 is 2.74 bits per heavy atom. The number of carboxylic acids is 1. The van der Waals surface area contributed by atoms with Crippen LogP contribution in [0.3, 0.4) is 0 Å². The van der Waals surface area contributed by atoms with Gasteiger partial charge in [-0.1, -0.05) is 30.3 Å². The van der Waals surface area contributed by atoms with Gasteiger partial charge in [0.25, 0.3) is 0 Å². The summed E-state index contributed by atoms with van der Waals surface area (Å²) in [5.74, 6) is -0.532. The molecule has 0 unspecified atom stereocenters. The second kappa shape index (κ2) is 9.00. The first-order valence-electron chi connectivity index (χ1n) is 10.2. The molecule has 1 N–H and O–H groups in total. The van der Waals surface area contributed by atoms with Crippen LogP contribution in [0.2, 0.25) is 0 Å². The van der Waals surface area contributed by atoms with Gasteiger partial charge in [-0.2, -0.15) is 5.10 Å². The van der Waals surface area contributed by atoms with E-state index in [2.05, 4.69) is 5.10 Å².